The lowest BCUT2D eigenvalue weighted by Gasteiger charge is -2.15. The van der Waals surface area contributed by atoms with Crippen LogP contribution in [0.15, 0.2) is 72.8 Å². The van der Waals surface area contributed by atoms with Crippen molar-refractivity contribution in [2.45, 2.75) is 26.9 Å². The van der Waals surface area contributed by atoms with Crippen LogP contribution in [-0.4, -0.2) is 37.0 Å². The number of rotatable bonds is 10. The summed E-state index contributed by atoms with van der Waals surface area (Å²) in [5, 5.41) is 2.69. The van der Waals surface area contributed by atoms with Gasteiger partial charge in [0, 0.05) is 16.8 Å². The summed E-state index contributed by atoms with van der Waals surface area (Å²) in [4.78, 5) is 38.6. The zero-order valence-corrected chi connectivity index (χ0v) is 19.4. The molecule has 1 unspecified atom stereocenters. The molecule has 0 aliphatic heterocycles. The number of amides is 1. The van der Waals surface area contributed by atoms with E-state index in [4.69, 9.17) is 14.2 Å². The number of ketones is 1. The number of ether oxygens (including phenoxy) is 3. The Kier molecular flexibility index (Phi) is 8.40. The minimum absolute atomic E-state index is 0.0682. The molecule has 0 saturated carbocycles. The zero-order valence-electron chi connectivity index (χ0n) is 19.4. The van der Waals surface area contributed by atoms with Gasteiger partial charge in [-0.05, 0) is 57.2 Å². The van der Waals surface area contributed by atoms with E-state index < -0.39 is 18.0 Å². The number of carbonyl (C=O) groups is 3. The molecule has 176 valence electrons. The Bertz CT molecular complexity index is 1160. The molecule has 7 nitrogen and oxygen atoms in total. The molecule has 0 heterocycles. The first-order chi connectivity index (χ1) is 16.4. The van der Waals surface area contributed by atoms with Gasteiger partial charge in [-0.1, -0.05) is 36.4 Å². The van der Waals surface area contributed by atoms with E-state index in [0.29, 0.717) is 36.0 Å². The quantitative estimate of drug-likeness (QED) is 0.341. The van der Waals surface area contributed by atoms with Crippen LogP contribution >= 0.6 is 0 Å². The van der Waals surface area contributed by atoms with E-state index >= 15 is 0 Å². The predicted octanol–water partition coefficient (Wildman–Crippen LogP) is 4.90. The molecular formula is C27H27NO6. The van der Waals surface area contributed by atoms with Crippen LogP contribution in [0.25, 0.3) is 0 Å². The smallest absolute Gasteiger partial charge is 0.339 e. The van der Waals surface area contributed by atoms with Crippen molar-refractivity contribution < 1.29 is 28.6 Å². The number of anilines is 1. The maximum Gasteiger partial charge on any atom is 0.339 e. The van der Waals surface area contributed by atoms with Gasteiger partial charge in [0.1, 0.15) is 0 Å². The first-order valence-corrected chi connectivity index (χ1v) is 11.0. The summed E-state index contributed by atoms with van der Waals surface area (Å²) >= 11 is 0. The zero-order chi connectivity index (χ0) is 24.5. The van der Waals surface area contributed by atoms with Crippen molar-refractivity contribution in [1.29, 1.82) is 0 Å². The predicted molar refractivity (Wildman–Crippen MR) is 129 cm³/mol. The van der Waals surface area contributed by atoms with Gasteiger partial charge in [0.15, 0.2) is 23.4 Å². The molecule has 0 aliphatic carbocycles. The van der Waals surface area contributed by atoms with Gasteiger partial charge >= 0.3 is 5.97 Å². The van der Waals surface area contributed by atoms with Crippen molar-refractivity contribution in [3.8, 4) is 11.5 Å². The summed E-state index contributed by atoms with van der Waals surface area (Å²) in [5.74, 6) is -0.641. The van der Waals surface area contributed by atoms with E-state index in [-0.39, 0.29) is 16.9 Å². The highest BCUT2D eigenvalue weighted by Crippen LogP contribution is 2.30. The number of hydrogen-bond donors (Lipinski definition) is 1. The molecule has 3 aromatic carbocycles. The summed E-state index contributed by atoms with van der Waals surface area (Å²) in [5.41, 5.74) is 1.15. The van der Waals surface area contributed by atoms with Gasteiger partial charge in [0.2, 0.25) is 0 Å². The van der Waals surface area contributed by atoms with E-state index in [2.05, 4.69) is 5.32 Å². The minimum Gasteiger partial charge on any atom is -0.490 e. The lowest BCUT2D eigenvalue weighted by Crippen LogP contribution is -2.30. The maximum absolute atomic E-state index is 13.3. The molecule has 0 spiro atoms. The fourth-order valence-corrected chi connectivity index (χ4v) is 3.25. The van der Waals surface area contributed by atoms with E-state index in [9.17, 15) is 14.4 Å². The van der Waals surface area contributed by atoms with Crippen molar-refractivity contribution in [2.75, 3.05) is 18.5 Å². The first-order valence-electron chi connectivity index (χ1n) is 11.0. The molecule has 0 bridgehead atoms. The molecule has 7 heteroatoms. The fourth-order valence-electron chi connectivity index (χ4n) is 3.25. The third-order valence-corrected chi connectivity index (χ3v) is 4.89. The molecular weight excluding hydrogens is 434 g/mol. The summed E-state index contributed by atoms with van der Waals surface area (Å²) in [6.07, 6.45) is -1.06. The van der Waals surface area contributed by atoms with Crippen molar-refractivity contribution in [1.82, 2.24) is 0 Å². The highest BCUT2D eigenvalue weighted by molar-refractivity contribution is 6.15. The van der Waals surface area contributed by atoms with Crippen LogP contribution in [0, 0.1) is 0 Å². The normalized spacial score (nSPS) is 11.3. The van der Waals surface area contributed by atoms with Gasteiger partial charge in [-0.3, -0.25) is 9.59 Å². The van der Waals surface area contributed by atoms with Gasteiger partial charge in [0.05, 0.1) is 18.8 Å². The second-order valence-electron chi connectivity index (χ2n) is 7.31. The highest BCUT2D eigenvalue weighted by atomic mass is 16.5. The molecule has 1 amide bonds. The van der Waals surface area contributed by atoms with E-state index in [1.165, 1.54) is 13.0 Å². The van der Waals surface area contributed by atoms with Crippen LogP contribution in [0.5, 0.6) is 11.5 Å². The lowest BCUT2D eigenvalue weighted by atomic mass is 9.98. The van der Waals surface area contributed by atoms with Gasteiger partial charge in [-0.15, -0.1) is 0 Å². The molecule has 3 aromatic rings. The van der Waals surface area contributed by atoms with E-state index in [1.807, 2.05) is 19.9 Å². The lowest BCUT2D eigenvalue weighted by molar-refractivity contribution is -0.123. The average molecular weight is 462 g/mol. The number of benzene rings is 3. The number of nitrogens with one attached hydrogen (secondary N) is 1. The molecule has 0 radical (unpaired) electrons. The monoisotopic (exact) mass is 461 g/mol. The maximum atomic E-state index is 13.3. The second kappa shape index (κ2) is 11.7. The largest absolute Gasteiger partial charge is 0.490 e. The third-order valence-electron chi connectivity index (χ3n) is 4.89. The van der Waals surface area contributed by atoms with Crippen LogP contribution in [-0.2, 0) is 9.53 Å². The molecule has 0 fully saturated rings. The molecule has 0 aromatic heterocycles. The Morgan fingerprint density at radius 3 is 2.09 bits per heavy atom. The highest BCUT2D eigenvalue weighted by Gasteiger charge is 2.24. The summed E-state index contributed by atoms with van der Waals surface area (Å²) in [6, 6.07) is 20.1. The van der Waals surface area contributed by atoms with Crippen molar-refractivity contribution in [2.24, 2.45) is 0 Å². The van der Waals surface area contributed by atoms with Crippen LogP contribution in [0.4, 0.5) is 5.69 Å². The molecule has 34 heavy (non-hydrogen) atoms. The first kappa shape index (κ1) is 24.5. The van der Waals surface area contributed by atoms with Gasteiger partial charge in [0.25, 0.3) is 5.91 Å². The molecule has 1 atom stereocenters. The summed E-state index contributed by atoms with van der Waals surface area (Å²) in [7, 11) is 0. The average Bonchev–Trinajstić information content (AvgIpc) is 2.85. The molecule has 3 rings (SSSR count). The van der Waals surface area contributed by atoms with E-state index in [0.717, 1.165) is 0 Å². The Morgan fingerprint density at radius 1 is 0.794 bits per heavy atom. The summed E-state index contributed by atoms with van der Waals surface area (Å²) < 4.78 is 16.5. The number of esters is 1. The number of carbonyl (C=O) groups excluding carboxylic acids is 3. The second-order valence-corrected chi connectivity index (χ2v) is 7.31. The number of para-hydroxylation sites is 1. The Hall–Kier alpha value is -4.13. The van der Waals surface area contributed by atoms with Gasteiger partial charge < -0.3 is 19.5 Å². The van der Waals surface area contributed by atoms with Gasteiger partial charge in [-0.2, -0.15) is 0 Å². The summed E-state index contributed by atoms with van der Waals surface area (Å²) in [6.45, 7) is 6.03. The van der Waals surface area contributed by atoms with Crippen LogP contribution in [0.1, 0.15) is 47.1 Å². The molecule has 1 N–H and O–H groups in total. The SMILES string of the molecule is CCOc1ccc(C(=O)c2ccccc2C(=O)OC(C)C(=O)Nc2ccccc2)cc1OCC. The molecule has 0 saturated heterocycles. The van der Waals surface area contributed by atoms with Crippen molar-refractivity contribution >= 4 is 23.3 Å². The Labute approximate surface area is 198 Å². The molecule has 0 aliphatic rings. The van der Waals surface area contributed by atoms with Crippen molar-refractivity contribution in [3.05, 3.63) is 89.5 Å². The minimum atomic E-state index is -1.06. The van der Waals surface area contributed by atoms with E-state index in [1.54, 1.807) is 60.7 Å². The number of hydrogen-bond acceptors (Lipinski definition) is 6. The van der Waals surface area contributed by atoms with Crippen LogP contribution in [0.3, 0.4) is 0 Å². The standard InChI is InChI=1S/C27H27NO6/c1-4-32-23-16-15-19(17-24(23)33-5-2)25(29)21-13-9-10-14-22(21)27(31)34-18(3)26(30)28-20-11-7-6-8-12-20/h6-18H,4-5H2,1-3H3,(H,28,30). The van der Waals surface area contributed by atoms with Crippen LogP contribution < -0.4 is 14.8 Å². The van der Waals surface area contributed by atoms with Crippen molar-refractivity contribution in [3.63, 3.8) is 0 Å². The van der Waals surface area contributed by atoms with Crippen LogP contribution in [0.2, 0.25) is 0 Å². The Morgan fingerprint density at radius 2 is 1.41 bits per heavy atom. The fraction of sp³-hybridized carbons (Fsp3) is 0.222. The van der Waals surface area contributed by atoms with Gasteiger partial charge in [-0.25, -0.2) is 4.79 Å². The Balaban J connectivity index is 1.79. The topological polar surface area (TPSA) is 90.9 Å². The third kappa shape index (κ3) is 6.01.